The molecule has 9 heteroatoms. The Balaban J connectivity index is 2.33. The largest absolute Gasteiger partial charge is 0.504 e. The third-order valence-corrected chi connectivity index (χ3v) is 2.34. The van der Waals surface area contributed by atoms with E-state index in [9.17, 15) is 5.11 Å². The lowest BCUT2D eigenvalue weighted by molar-refractivity contribution is 0.315. The fourth-order valence-electron chi connectivity index (χ4n) is 1.46. The molecule has 0 saturated carbocycles. The van der Waals surface area contributed by atoms with E-state index in [1.165, 1.54) is 7.11 Å². The van der Waals surface area contributed by atoms with Crippen molar-refractivity contribution in [2.24, 2.45) is 10.9 Å². The van der Waals surface area contributed by atoms with Crippen molar-refractivity contribution >= 4 is 5.84 Å². The van der Waals surface area contributed by atoms with Crippen LogP contribution in [0, 0.1) is 0 Å². The van der Waals surface area contributed by atoms with Gasteiger partial charge in [-0.2, -0.15) is 4.80 Å². The molecule has 0 aliphatic carbocycles. The number of amidine groups is 1. The average molecular weight is 264 g/mol. The number of nitrogens with two attached hydrogens (primary N) is 1. The van der Waals surface area contributed by atoms with Crippen LogP contribution in [0.25, 0.3) is 11.4 Å². The lowest BCUT2D eigenvalue weighted by atomic mass is 10.2. The number of aromatic hydroxyl groups is 1. The molecule has 0 aliphatic rings. The number of hydrogen-bond acceptors (Lipinski definition) is 7. The minimum absolute atomic E-state index is 0.00572. The van der Waals surface area contributed by atoms with Crippen LogP contribution >= 0.6 is 0 Å². The van der Waals surface area contributed by atoms with Crippen LogP contribution in [0.2, 0.25) is 0 Å². The minimum Gasteiger partial charge on any atom is -0.504 e. The zero-order valence-electron chi connectivity index (χ0n) is 10.1. The van der Waals surface area contributed by atoms with Crippen LogP contribution in [0.1, 0.15) is 0 Å². The zero-order valence-corrected chi connectivity index (χ0v) is 10.1. The molecule has 0 aliphatic heterocycles. The van der Waals surface area contributed by atoms with Gasteiger partial charge < -0.3 is 20.8 Å². The Bertz CT molecular complexity index is 609. The second-order valence-electron chi connectivity index (χ2n) is 3.59. The second kappa shape index (κ2) is 5.21. The van der Waals surface area contributed by atoms with Gasteiger partial charge in [-0.25, -0.2) is 0 Å². The van der Waals surface area contributed by atoms with Crippen LogP contribution in [-0.4, -0.2) is 43.5 Å². The van der Waals surface area contributed by atoms with Gasteiger partial charge in [-0.05, 0) is 17.3 Å². The summed E-state index contributed by atoms with van der Waals surface area (Å²) >= 11 is 0. The molecule has 0 saturated heterocycles. The maximum Gasteiger partial charge on any atom is 0.208 e. The molecule has 0 fully saturated rings. The molecule has 0 spiro atoms. The van der Waals surface area contributed by atoms with Crippen molar-refractivity contribution in [2.45, 2.75) is 6.54 Å². The molecule has 4 N–H and O–H groups in total. The first-order chi connectivity index (χ1) is 9.15. The summed E-state index contributed by atoms with van der Waals surface area (Å²) in [6.07, 6.45) is 0. The zero-order chi connectivity index (χ0) is 13.8. The highest BCUT2D eigenvalue weighted by Gasteiger charge is 2.14. The maximum absolute atomic E-state index is 9.95. The number of para-hydroxylation sites is 1. The molecule has 0 unspecified atom stereocenters. The number of phenolic OH excluding ortho intramolecular Hbond substituents is 1. The lowest BCUT2D eigenvalue weighted by Crippen LogP contribution is -2.21. The number of phenols is 1. The Labute approximate surface area is 107 Å². The van der Waals surface area contributed by atoms with E-state index in [4.69, 9.17) is 15.7 Å². The van der Waals surface area contributed by atoms with Gasteiger partial charge in [0.1, 0.15) is 6.54 Å². The molecule has 1 aromatic heterocycles. The van der Waals surface area contributed by atoms with E-state index < -0.39 is 0 Å². The monoisotopic (exact) mass is 264 g/mol. The molecule has 2 aromatic rings. The van der Waals surface area contributed by atoms with Crippen LogP contribution in [-0.2, 0) is 6.54 Å². The molecule has 19 heavy (non-hydrogen) atoms. The van der Waals surface area contributed by atoms with Crippen molar-refractivity contribution in [1.82, 2.24) is 20.2 Å². The van der Waals surface area contributed by atoms with Gasteiger partial charge in [0.05, 0.1) is 12.7 Å². The van der Waals surface area contributed by atoms with E-state index >= 15 is 0 Å². The van der Waals surface area contributed by atoms with E-state index in [1.54, 1.807) is 18.2 Å². The van der Waals surface area contributed by atoms with Gasteiger partial charge in [0.15, 0.2) is 17.3 Å². The predicted octanol–water partition coefficient (Wildman–Crippen LogP) is -0.199. The summed E-state index contributed by atoms with van der Waals surface area (Å²) in [6, 6.07) is 4.93. The first-order valence-corrected chi connectivity index (χ1v) is 5.26. The number of nitrogens with zero attached hydrogens (tertiary/aromatic N) is 5. The summed E-state index contributed by atoms with van der Waals surface area (Å²) in [6.45, 7) is -0.00572. The number of tetrazole rings is 1. The summed E-state index contributed by atoms with van der Waals surface area (Å²) in [4.78, 5) is 1.14. The Morgan fingerprint density at radius 3 is 3.00 bits per heavy atom. The lowest BCUT2D eigenvalue weighted by Gasteiger charge is -2.05. The number of ether oxygens (including phenoxy) is 1. The molecule has 1 heterocycles. The minimum atomic E-state index is -0.0756. The van der Waals surface area contributed by atoms with Crippen LogP contribution in [0.3, 0.4) is 0 Å². The van der Waals surface area contributed by atoms with E-state index in [0.717, 1.165) is 4.80 Å². The van der Waals surface area contributed by atoms with Gasteiger partial charge in [0.25, 0.3) is 0 Å². The summed E-state index contributed by atoms with van der Waals surface area (Å²) in [7, 11) is 1.45. The Kier molecular flexibility index (Phi) is 3.46. The molecular weight excluding hydrogens is 252 g/mol. The Morgan fingerprint density at radius 2 is 2.32 bits per heavy atom. The molecule has 0 atom stereocenters. The Morgan fingerprint density at radius 1 is 1.53 bits per heavy atom. The number of methoxy groups -OCH3 is 1. The van der Waals surface area contributed by atoms with E-state index in [2.05, 4.69) is 20.6 Å². The number of hydrogen-bond donors (Lipinski definition) is 3. The molecule has 0 amide bonds. The Hall–Kier alpha value is -2.84. The van der Waals surface area contributed by atoms with Crippen molar-refractivity contribution in [3.05, 3.63) is 18.2 Å². The van der Waals surface area contributed by atoms with Crippen LogP contribution in [0.5, 0.6) is 11.5 Å². The van der Waals surface area contributed by atoms with Gasteiger partial charge >= 0.3 is 0 Å². The highest BCUT2D eigenvalue weighted by molar-refractivity contribution is 5.79. The molecule has 2 rings (SSSR count). The predicted molar refractivity (Wildman–Crippen MR) is 64.9 cm³/mol. The normalized spacial score (nSPS) is 11.5. The summed E-state index contributed by atoms with van der Waals surface area (Å²) in [5.41, 5.74) is 5.71. The first-order valence-electron chi connectivity index (χ1n) is 5.26. The third-order valence-electron chi connectivity index (χ3n) is 2.34. The van der Waals surface area contributed by atoms with Gasteiger partial charge in [-0.15, -0.1) is 10.2 Å². The summed E-state index contributed by atoms with van der Waals surface area (Å²) < 4.78 is 4.99. The fourth-order valence-corrected chi connectivity index (χ4v) is 1.46. The van der Waals surface area contributed by atoms with Crippen LogP contribution in [0.15, 0.2) is 23.4 Å². The summed E-state index contributed by atoms with van der Waals surface area (Å²) in [5.74, 6) is 0.389. The standard InChI is InChI=1S/C10H12N6O3/c1-19-7-4-2-3-6(9(7)17)10-12-15-16(13-10)5-8(11)14-18/h2-4,17-18H,5H2,1H3,(H2,11,14). The SMILES string of the molecule is COc1cccc(-c2nnn(CC(N)=NO)n2)c1O. The van der Waals surface area contributed by atoms with Gasteiger partial charge in [-0.1, -0.05) is 11.2 Å². The molecule has 1 aromatic carbocycles. The number of aromatic nitrogens is 4. The van der Waals surface area contributed by atoms with Crippen molar-refractivity contribution in [3.63, 3.8) is 0 Å². The fraction of sp³-hybridized carbons (Fsp3) is 0.200. The quantitative estimate of drug-likeness (QED) is 0.301. The molecule has 0 bridgehead atoms. The van der Waals surface area contributed by atoms with Crippen molar-refractivity contribution in [1.29, 1.82) is 0 Å². The van der Waals surface area contributed by atoms with E-state index in [1.807, 2.05) is 0 Å². The smallest absolute Gasteiger partial charge is 0.208 e. The molecule has 0 radical (unpaired) electrons. The van der Waals surface area contributed by atoms with Gasteiger partial charge in [0.2, 0.25) is 5.82 Å². The number of oxime groups is 1. The highest BCUT2D eigenvalue weighted by Crippen LogP contribution is 2.34. The number of benzene rings is 1. The maximum atomic E-state index is 9.95. The van der Waals surface area contributed by atoms with Crippen LogP contribution in [0.4, 0.5) is 0 Å². The molecular formula is C10H12N6O3. The highest BCUT2D eigenvalue weighted by atomic mass is 16.5. The van der Waals surface area contributed by atoms with E-state index in [0.29, 0.717) is 11.3 Å². The van der Waals surface area contributed by atoms with E-state index in [-0.39, 0.29) is 24.0 Å². The third kappa shape index (κ3) is 2.54. The topological polar surface area (TPSA) is 132 Å². The average Bonchev–Trinajstić information content (AvgIpc) is 2.87. The van der Waals surface area contributed by atoms with Gasteiger partial charge in [0, 0.05) is 0 Å². The summed E-state index contributed by atoms with van der Waals surface area (Å²) in [5, 5.41) is 32.7. The van der Waals surface area contributed by atoms with Crippen LogP contribution < -0.4 is 10.5 Å². The molecule has 9 nitrogen and oxygen atoms in total. The second-order valence-corrected chi connectivity index (χ2v) is 3.59. The number of rotatable bonds is 4. The van der Waals surface area contributed by atoms with Crippen molar-refractivity contribution in [3.8, 4) is 22.9 Å². The molecule has 100 valence electrons. The van der Waals surface area contributed by atoms with Crippen molar-refractivity contribution in [2.75, 3.05) is 7.11 Å². The van der Waals surface area contributed by atoms with Crippen molar-refractivity contribution < 1.29 is 15.1 Å². The van der Waals surface area contributed by atoms with Gasteiger partial charge in [-0.3, -0.25) is 0 Å². The first kappa shape index (κ1) is 12.6.